The van der Waals surface area contributed by atoms with Gasteiger partial charge in [0.2, 0.25) is 0 Å². The molecule has 0 atom stereocenters. The van der Waals surface area contributed by atoms with Crippen LogP contribution in [0.2, 0.25) is 5.02 Å². The number of aromatic nitrogens is 1. The molecule has 0 saturated heterocycles. The van der Waals surface area contributed by atoms with Gasteiger partial charge in [0.05, 0.1) is 15.4 Å². The van der Waals surface area contributed by atoms with Gasteiger partial charge in [0, 0.05) is 0 Å². The second-order valence-electron chi connectivity index (χ2n) is 3.68. The number of amides is 2. The Bertz CT molecular complexity index is 761. The minimum atomic E-state index is -4.03. The van der Waals surface area contributed by atoms with E-state index in [1.165, 1.54) is 41.3 Å². The maximum Gasteiger partial charge on any atom is 0.334 e. The minimum absolute atomic E-state index is 0.0386. The SMILES string of the molecule is CSc1cnc(NC(=O)NS(=O)(=O)c2ccccc2Cl)s1. The van der Waals surface area contributed by atoms with E-state index in [0.717, 1.165) is 4.21 Å². The van der Waals surface area contributed by atoms with E-state index in [2.05, 4.69) is 10.3 Å². The first kappa shape index (κ1) is 16.1. The fraction of sp³-hybridized carbons (Fsp3) is 0.0909. The van der Waals surface area contributed by atoms with Gasteiger partial charge in [-0.3, -0.25) is 5.32 Å². The lowest BCUT2D eigenvalue weighted by atomic mass is 10.4. The van der Waals surface area contributed by atoms with Gasteiger partial charge in [-0.25, -0.2) is 22.9 Å². The second kappa shape index (κ2) is 6.65. The van der Waals surface area contributed by atoms with Crippen molar-refractivity contribution in [1.29, 1.82) is 0 Å². The summed E-state index contributed by atoms with van der Waals surface area (Å²) < 4.78 is 26.9. The molecule has 0 spiro atoms. The summed E-state index contributed by atoms with van der Waals surface area (Å²) in [6, 6.07) is 4.97. The van der Waals surface area contributed by atoms with Gasteiger partial charge >= 0.3 is 6.03 Å². The van der Waals surface area contributed by atoms with E-state index in [1.807, 2.05) is 11.0 Å². The highest BCUT2D eigenvalue weighted by Gasteiger charge is 2.20. The van der Waals surface area contributed by atoms with E-state index in [-0.39, 0.29) is 9.92 Å². The lowest BCUT2D eigenvalue weighted by Crippen LogP contribution is -2.34. The lowest BCUT2D eigenvalue weighted by Gasteiger charge is -2.08. The molecule has 10 heteroatoms. The van der Waals surface area contributed by atoms with Gasteiger partial charge in [0.25, 0.3) is 10.0 Å². The molecule has 2 N–H and O–H groups in total. The number of nitrogens with zero attached hydrogens (tertiary/aromatic N) is 1. The number of carbonyl (C=O) groups excluding carboxylic acids is 1. The Balaban J connectivity index is 2.10. The summed E-state index contributed by atoms with van der Waals surface area (Å²) in [5.41, 5.74) is 0. The Labute approximate surface area is 135 Å². The van der Waals surface area contributed by atoms with E-state index in [1.54, 1.807) is 12.3 Å². The number of hydrogen-bond acceptors (Lipinski definition) is 6. The monoisotopic (exact) mass is 363 g/mol. The van der Waals surface area contributed by atoms with Gasteiger partial charge in [0.15, 0.2) is 5.13 Å². The van der Waals surface area contributed by atoms with Crippen LogP contribution in [-0.2, 0) is 10.0 Å². The number of benzene rings is 1. The highest BCUT2D eigenvalue weighted by atomic mass is 35.5. The number of thioether (sulfide) groups is 1. The van der Waals surface area contributed by atoms with Crippen LogP contribution in [0.4, 0.5) is 9.93 Å². The van der Waals surface area contributed by atoms with Crippen molar-refractivity contribution in [3.05, 3.63) is 35.5 Å². The van der Waals surface area contributed by atoms with Crippen LogP contribution in [-0.4, -0.2) is 25.7 Å². The zero-order chi connectivity index (χ0) is 15.5. The molecular formula is C11H10ClN3O3S3. The molecule has 0 saturated carbocycles. The Hall–Kier alpha value is -1.29. The van der Waals surface area contributed by atoms with Crippen LogP contribution < -0.4 is 10.0 Å². The molecule has 6 nitrogen and oxygen atoms in total. The third kappa shape index (κ3) is 4.10. The summed E-state index contributed by atoms with van der Waals surface area (Å²) in [4.78, 5) is 15.5. The number of nitrogens with one attached hydrogen (secondary N) is 2. The molecule has 2 rings (SSSR count). The largest absolute Gasteiger partial charge is 0.334 e. The highest BCUT2D eigenvalue weighted by Crippen LogP contribution is 2.26. The molecule has 1 aromatic carbocycles. The number of carbonyl (C=O) groups is 1. The third-order valence-electron chi connectivity index (χ3n) is 2.26. The lowest BCUT2D eigenvalue weighted by molar-refractivity contribution is 0.256. The third-order valence-corrected chi connectivity index (χ3v) is 6.06. The number of sulfonamides is 1. The van der Waals surface area contributed by atoms with Crippen LogP contribution in [0.3, 0.4) is 0 Å². The fourth-order valence-corrected chi connectivity index (χ4v) is 4.08. The molecule has 112 valence electrons. The molecule has 21 heavy (non-hydrogen) atoms. The van der Waals surface area contributed by atoms with Gasteiger partial charge in [-0.05, 0) is 18.4 Å². The summed E-state index contributed by atoms with van der Waals surface area (Å²) in [7, 11) is -4.03. The number of anilines is 1. The van der Waals surface area contributed by atoms with Crippen LogP contribution in [0.25, 0.3) is 0 Å². The molecule has 2 aromatic rings. The standard InChI is InChI=1S/C11H10ClN3O3S3/c1-19-9-6-13-11(20-9)14-10(16)15-21(17,18)8-5-3-2-4-7(8)12/h2-6H,1H3,(H2,13,14,15,16). The molecule has 0 aliphatic carbocycles. The molecule has 0 aliphatic heterocycles. The van der Waals surface area contributed by atoms with Crippen molar-refractivity contribution in [2.24, 2.45) is 0 Å². The van der Waals surface area contributed by atoms with Crippen LogP contribution >= 0.6 is 34.7 Å². The van der Waals surface area contributed by atoms with Gasteiger partial charge < -0.3 is 0 Å². The summed E-state index contributed by atoms with van der Waals surface area (Å²) in [6.45, 7) is 0. The summed E-state index contributed by atoms with van der Waals surface area (Å²) in [5, 5.41) is 2.71. The Morgan fingerprint density at radius 3 is 2.71 bits per heavy atom. The second-order valence-corrected chi connectivity index (χ2v) is 7.87. The maximum absolute atomic E-state index is 12.0. The summed E-state index contributed by atoms with van der Waals surface area (Å²) >= 11 is 8.53. The fourth-order valence-electron chi connectivity index (χ4n) is 1.37. The quantitative estimate of drug-likeness (QED) is 0.815. The highest BCUT2D eigenvalue weighted by molar-refractivity contribution is 8.00. The van der Waals surface area contributed by atoms with Crippen molar-refractivity contribution in [2.45, 2.75) is 9.10 Å². The van der Waals surface area contributed by atoms with Gasteiger partial charge in [0.1, 0.15) is 4.90 Å². The average Bonchev–Trinajstić information content (AvgIpc) is 2.85. The van der Waals surface area contributed by atoms with E-state index in [0.29, 0.717) is 5.13 Å². The van der Waals surface area contributed by atoms with Crippen molar-refractivity contribution < 1.29 is 13.2 Å². The molecule has 1 aromatic heterocycles. The van der Waals surface area contributed by atoms with Crippen molar-refractivity contribution in [2.75, 3.05) is 11.6 Å². The molecule has 0 aliphatic rings. The van der Waals surface area contributed by atoms with Gasteiger partial charge in [-0.1, -0.05) is 35.1 Å². The number of thiazole rings is 1. The smallest absolute Gasteiger partial charge is 0.283 e. The maximum atomic E-state index is 12.0. The van der Waals surface area contributed by atoms with Crippen LogP contribution in [0, 0.1) is 0 Å². The topological polar surface area (TPSA) is 88.2 Å². The molecule has 0 fully saturated rings. The summed E-state index contributed by atoms with van der Waals surface area (Å²) in [5.74, 6) is 0. The van der Waals surface area contributed by atoms with E-state index in [9.17, 15) is 13.2 Å². The van der Waals surface area contributed by atoms with Crippen LogP contribution in [0.15, 0.2) is 39.6 Å². The number of rotatable bonds is 4. The zero-order valence-corrected chi connectivity index (χ0v) is 13.9. The van der Waals surface area contributed by atoms with Gasteiger partial charge in [-0.2, -0.15) is 0 Å². The Morgan fingerprint density at radius 1 is 1.38 bits per heavy atom. The van der Waals surface area contributed by atoms with E-state index < -0.39 is 16.1 Å². The Kier molecular flexibility index (Phi) is 5.09. The first-order valence-corrected chi connectivity index (χ1v) is 9.41. The van der Waals surface area contributed by atoms with Crippen molar-refractivity contribution in [3.63, 3.8) is 0 Å². The molecular weight excluding hydrogens is 354 g/mol. The van der Waals surface area contributed by atoms with Crippen molar-refractivity contribution in [3.8, 4) is 0 Å². The van der Waals surface area contributed by atoms with Crippen LogP contribution in [0.5, 0.6) is 0 Å². The zero-order valence-electron chi connectivity index (χ0n) is 10.7. The molecule has 2 amide bonds. The van der Waals surface area contributed by atoms with E-state index >= 15 is 0 Å². The van der Waals surface area contributed by atoms with Crippen molar-refractivity contribution in [1.82, 2.24) is 9.71 Å². The average molecular weight is 364 g/mol. The summed E-state index contributed by atoms with van der Waals surface area (Å²) in [6.07, 6.45) is 3.47. The predicted molar refractivity (Wildman–Crippen MR) is 84.7 cm³/mol. The minimum Gasteiger partial charge on any atom is -0.283 e. The first-order valence-electron chi connectivity index (χ1n) is 5.50. The number of halogens is 1. The van der Waals surface area contributed by atoms with Gasteiger partial charge in [-0.15, -0.1) is 11.8 Å². The molecule has 0 unspecified atom stereocenters. The van der Waals surface area contributed by atoms with E-state index in [4.69, 9.17) is 11.6 Å². The van der Waals surface area contributed by atoms with Crippen molar-refractivity contribution >= 4 is 55.9 Å². The van der Waals surface area contributed by atoms with Crippen LogP contribution in [0.1, 0.15) is 0 Å². The molecule has 0 bridgehead atoms. The normalized spacial score (nSPS) is 11.1. The number of urea groups is 1. The molecule has 0 radical (unpaired) electrons. The molecule has 1 heterocycles. The Morgan fingerprint density at radius 2 is 2.10 bits per heavy atom. The number of hydrogen-bond donors (Lipinski definition) is 2. The predicted octanol–water partition coefficient (Wildman–Crippen LogP) is 3.03. The first-order chi connectivity index (χ1) is 9.92.